The van der Waals surface area contributed by atoms with Crippen LogP contribution in [0.4, 0.5) is 23.0 Å². The van der Waals surface area contributed by atoms with Gasteiger partial charge in [-0.25, -0.2) is 9.97 Å². The summed E-state index contributed by atoms with van der Waals surface area (Å²) >= 11 is 6.54. The highest BCUT2D eigenvalue weighted by molar-refractivity contribution is 6.32. The summed E-state index contributed by atoms with van der Waals surface area (Å²) in [4.78, 5) is 31.2. The van der Waals surface area contributed by atoms with E-state index in [2.05, 4.69) is 43.7 Å². The highest BCUT2D eigenvalue weighted by Crippen LogP contribution is 2.42. The summed E-state index contributed by atoms with van der Waals surface area (Å²) < 4.78 is 0. The molecule has 6 rings (SSSR count). The minimum absolute atomic E-state index is 0.214. The lowest BCUT2D eigenvalue weighted by atomic mass is 9.78. The van der Waals surface area contributed by atoms with Crippen LogP contribution in [0.15, 0.2) is 48.9 Å². The van der Waals surface area contributed by atoms with E-state index >= 15 is 0 Å². The molecule has 5 heterocycles. The zero-order valence-corrected chi connectivity index (χ0v) is 21.7. The first-order chi connectivity index (χ1) is 18.1. The van der Waals surface area contributed by atoms with Crippen LogP contribution in [0.1, 0.15) is 38.5 Å². The van der Waals surface area contributed by atoms with Crippen molar-refractivity contribution in [3.05, 3.63) is 53.9 Å². The SMILES string of the molecule is O=C1N(c2cncc(Nc3ncc(Cl)c(-c4cccc(N5CCCCC5)c4)n3)c2)CCC12CCNCC2. The van der Waals surface area contributed by atoms with E-state index in [0.29, 0.717) is 16.7 Å². The molecule has 3 aromatic rings. The van der Waals surface area contributed by atoms with Crippen LogP contribution < -0.4 is 20.4 Å². The molecule has 3 aliphatic rings. The Hall–Kier alpha value is -3.23. The topological polar surface area (TPSA) is 86.3 Å². The van der Waals surface area contributed by atoms with Gasteiger partial charge in [-0.1, -0.05) is 23.7 Å². The highest BCUT2D eigenvalue weighted by atomic mass is 35.5. The maximum absolute atomic E-state index is 13.3. The average Bonchev–Trinajstić information content (AvgIpc) is 3.25. The molecule has 0 atom stereocenters. The number of halogens is 1. The standard InChI is InChI=1S/C28H32ClN7O/c29-24-19-32-27(34-25(24)20-5-4-6-22(15-20)35-12-2-1-3-13-35)33-21-16-23(18-31-17-21)36-14-9-28(26(36)37)7-10-30-11-8-28/h4-6,15-19,30H,1-3,7-14H2,(H,32,33,34). The Kier molecular flexibility index (Phi) is 6.69. The van der Waals surface area contributed by atoms with E-state index in [9.17, 15) is 4.79 Å². The number of piperidine rings is 2. The van der Waals surface area contributed by atoms with Gasteiger partial charge >= 0.3 is 0 Å². The first kappa shape index (κ1) is 24.1. The van der Waals surface area contributed by atoms with Gasteiger partial charge in [-0.15, -0.1) is 0 Å². The molecule has 0 unspecified atom stereocenters. The number of anilines is 4. The molecule has 2 aromatic heterocycles. The van der Waals surface area contributed by atoms with Crippen LogP contribution in [0, 0.1) is 5.41 Å². The summed E-state index contributed by atoms with van der Waals surface area (Å²) in [6.45, 7) is 4.68. The number of hydrogen-bond donors (Lipinski definition) is 2. The van der Waals surface area contributed by atoms with E-state index in [1.165, 1.54) is 24.9 Å². The number of amides is 1. The van der Waals surface area contributed by atoms with Gasteiger partial charge in [0.15, 0.2) is 0 Å². The van der Waals surface area contributed by atoms with Gasteiger partial charge in [-0.05, 0) is 69.8 Å². The fourth-order valence-corrected chi connectivity index (χ4v) is 6.04. The van der Waals surface area contributed by atoms with Crippen LogP contribution in [0.25, 0.3) is 11.3 Å². The van der Waals surface area contributed by atoms with E-state index in [1.807, 2.05) is 17.0 Å². The quantitative estimate of drug-likeness (QED) is 0.490. The fraction of sp³-hybridized carbons (Fsp3) is 0.429. The molecule has 37 heavy (non-hydrogen) atoms. The number of carbonyl (C=O) groups excluding carboxylic acids is 1. The number of rotatable bonds is 5. The maximum Gasteiger partial charge on any atom is 0.233 e. The zero-order valence-electron chi connectivity index (χ0n) is 20.9. The predicted octanol–water partition coefficient (Wildman–Crippen LogP) is 5.03. The van der Waals surface area contributed by atoms with E-state index in [0.717, 1.165) is 68.9 Å². The molecule has 3 saturated heterocycles. The Bertz CT molecular complexity index is 1290. The lowest BCUT2D eigenvalue weighted by molar-refractivity contribution is -0.126. The van der Waals surface area contributed by atoms with Crippen molar-refractivity contribution in [3.8, 4) is 11.3 Å². The number of pyridine rings is 1. The third kappa shape index (κ3) is 4.88. The normalized spacial score (nSPS) is 19.4. The Labute approximate surface area is 222 Å². The highest BCUT2D eigenvalue weighted by Gasteiger charge is 2.47. The third-order valence-corrected chi connectivity index (χ3v) is 8.23. The van der Waals surface area contributed by atoms with Gasteiger partial charge in [0, 0.05) is 30.9 Å². The first-order valence-corrected chi connectivity index (χ1v) is 13.6. The van der Waals surface area contributed by atoms with Crippen LogP contribution in [0.3, 0.4) is 0 Å². The molecule has 0 aliphatic carbocycles. The molecule has 0 saturated carbocycles. The van der Waals surface area contributed by atoms with Crippen LogP contribution >= 0.6 is 11.6 Å². The smallest absolute Gasteiger partial charge is 0.233 e. The van der Waals surface area contributed by atoms with Crippen molar-refractivity contribution < 1.29 is 4.79 Å². The third-order valence-electron chi connectivity index (χ3n) is 7.95. The average molecular weight is 518 g/mol. The second kappa shape index (κ2) is 10.3. The van der Waals surface area contributed by atoms with Gasteiger partial charge < -0.3 is 20.4 Å². The summed E-state index contributed by atoms with van der Waals surface area (Å²) in [5.74, 6) is 0.649. The molecule has 3 aliphatic heterocycles. The molecular formula is C28H32ClN7O. The number of carbonyl (C=O) groups is 1. The minimum atomic E-state index is -0.231. The maximum atomic E-state index is 13.3. The van der Waals surface area contributed by atoms with Crippen molar-refractivity contribution in [3.63, 3.8) is 0 Å². The summed E-state index contributed by atoms with van der Waals surface area (Å²) in [5.41, 5.74) is 4.14. The van der Waals surface area contributed by atoms with Crippen molar-refractivity contribution in [2.45, 2.75) is 38.5 Å². The first-order valence-electron chi connectivity index (χ1n) is 13.2. The molecule has 1 spiro atoms. The second-order valence-corrected chi connectivity index (χ2v) is 10.7. The van der Waals surface area contributed by atoms with E-state index in [4.69, 9.17) is 16.6 Å². The number of aromatic nitrogens is 3. The molecule has 8 nitrogen and oxygen atoms in total. The van der Waals surface area contributed by atoms with Crippen LogP contribution in [0.2, 0.25) is 5.02 Å². The number of nitrogens with one attached hydrogen (secondary N) is 2. The number of hydrogen-bond acceptors (Lipinski definition) is 7. The molecule has 1 aromatic carbocycles. The summed E-state index contributed by atoms with van der Waals surface area (Å²) in [6.07, 6.45) is 11.5. The summed E-state index contributed by atoms with van der Waals surface area (Å²) in [7, 11) is 0. The van der Waals surface area contributed by atoms with Crippen molar-refractivity contribution in [2.75, 3.05) is 47.8 Å². The van der Waals surface area contributed by atoms with Gasteiger partial charge in [0.05, 0.1) is 46.1 Å². The lowest BCUT2D eigenvalue weighted by Crippen LogP contribution is -2.42. The lowest BCUT2D eigenvalue weighted by Gasteiger charge is -2.32. The Morgan fingerprint density at radius 2 is 1.78 bits per heavy atom. The van der Waals surface area contributed by atoms with E-state index < -0.39 is 0 Å². The Morgan fingerprint density at radius 1 is 0.946 bits per heavy atom. The van der Waals surface area contributed by atoms with Crippen LogP contribution in [-0.4, -0.2) is 53.6 Å². The zero-order chi connectivity index (χ0) is 25.2. The van der Waals surface area contributed by atoms with Crippen molar-refractivity contribution in [1.82, 2.24) is 20.3 Å². The molecule has 9 heteroatoms. The second-order valence-electron chi connectivity index (χ2n) is 10.3. The van der Waals surface area contributed by atoms with Gasteiger partial charge in [-0.2, -0.15) is 0 Å². The molecular weight excluding hydrogens is 486 g/mol. The van der Waals surface area contributed by atoms with Crippen molar-refractivity contribution in [1.29, 1.82) is 0 Å². The molecule has 2 N–H and O–H groups in total. The minimum Gasteiger partial charge on any atom is -0.372 e. The Balaban J connectivity index is 1.22. The molecule has 1 amide bonds. The number of nitrogens with zero attached hydrogens (tertiary/aromatic N) is 5. The molecule has 192 valence electrons. The van der Waals surface area contributed by atoms with E-state index in [1.54, 1.807) is 18.6 Å². The van der Waals surface area contributed by atoms with Crippen LogP contribution in [-0.2, 0) is 4.79 Å². The van der Waals surface area contributed by atoms with Gasteiger partial charge in [0.2, 0.25) is 11.9 Å². The summed E-state index contributed by atoms with van der Waals surface area (Å²) in [5, 5.41) is 7.14. The molecule has 3 fully saturated rings. The van der Waals surface area contributed by atoms with Crippen molar-refractivity contribution >= 4 is 40.5 Å². The predicted molar refractivity (Wildman–Crippen MR) is 148 cm³/mol. The summed E-state index contributed by atoms with van der Waals surface area (Å²) in [6, 6.07) is 10.3. The van der Waals surface area contributed by atoms with Gasteiger partial charge in [0.25, 0.3) is 0 Å². The fourth-order valence-electron chi connectivity index (χ4n) is 5.84. The molecule has 0 radical (unpaired) electrons. The van der Waals surface area contributed by atoms with Gasteiger partial charge in [0.1, 0.15) is 0 Å². The molecule has 0 bridgehead atoms. The van der Waals surface area contributed by atoms with Crippen molar-refractivity contribution in [2.24, 2.45) is 5.41 Å². The van der Waals surface area contributed by atoms with E-state index in [-0.39, 0.29) is 11.3 Å². The van der Waals surface area contributed by atoms with Gasteiger partial charge in [-0.3, -0.25) is 9.78 Å². The van der Waals surface area contributed by atoms with Crippen LogP contribution in [0.5, 0.6) is 0 Å². The number of benzene rings is 1. The Morgan fingerprint density at radius 3 is 2.62 bits per heavy atom. The monoisotopic (exact) mass is 517 g/mol. The largest absolute Gasteiger partial charge is 0.372 e.